The summed E-state index contributed by atoms with van der Waals surface area (Å²) in [6, 6.07) is 50.1. The van der Waals surface area contributed by atoms with E-state index in [0.717, 1.165) is 63.6 Å². The Bertz CT molecular complexity index is 3200. The van der Waals surface area contributed by atoms with E-state index in [1.54, 1.807) is 28.7 Å². The minimum Gasteiger partial charge on any atom is -0.477 e. The summed E-state index contributed by atoms with van der Waals surface area (Å²) in [5, 5.41) is 20.4. The number of carboxylic acid groups (broad SMARTS) is 1. The summed E-state index contributed by atoms with van der Waals surface area (Å²) < 4.78 is 9.94. The van der Waals surface area contributed by atoms with Crippen LogP contribution < -0.4 is 9.20 Å². The molecule has 0 aliphatic rings. The fraction of sp³-hybridized carbons (Fsp3) is 0.100. The van der Waals surface area contributed by atoms with Crippen LogP contribution in [0.5, 0.6) is 0 Å². The molecular weight excluding hydrogens is 787 g/mol. The highest BCUT2D eigenvalue weighted by Crippen LogP contribution is 2.47. The molecule has 0 aliphatic carbocycles. The Balaban J connectivity index is 1.11. The Hall–Kier alpha value is -6.57. The fourth-order valence-corrected chi connectivity index (χ4v) is 10.4. The number of hydrogen-bond acceptors (Lipinski definition) is 7. The van der Waals surface area contributed by atoms with Crippen LogP contribution in [0.15, 0.2) is 144 Å². The van der Waals surface area contributed by atoms with E-state index in [2.05, 4.69) is 122 Å². The largest absolute Gasteiger partial charge is 0.477 e. The van der Waals surface area contributed by atoms with Gasteiger partial charge in [-0.05, 0) is 89.7 Å². The SMILES string of the molecule is Cc1cc(-n2c(-c3ccccc3)c(-c3ccc(-c4ccc(-c5ccc(C=c6s/c(=C(/C#N)C(=O)O)nc6-c6ccccc6)s5)o4)s3)c3ccccc32)cc(C(C)(C)C)c1. The van der Waals surface area contributed by atoms with Crippen LogP contribution in [0.25, 0.3) is 82.5 Å². The van der Waals surface area contributed by atoms with E-state index >= 15 is 0 Å². The lowest BCUT2D eigenvalue weighted by atomic mass is 9.86. The van der Waals surface area contributed by atoms with Crippen LogP contribution in [0.1, 0.15) is 36.8 Å². The average Bonchev–Trinajstić information content (AvgIpc) is 4.08. The number of benzene rings is 4. The first-order chi connectivity index (χ1) is 28.6. The maximum absolute atomic E-state index is 11.8. The number of aromatic nitrogens is 2. The molecule has 1 N–H and O–H groups in total. The third-order valence-corrected chi connectivity index (χ3v) is 13.4. The second kappa shape index (κ2) is 15.3. The van der Waals surface area contributed by atoms with Gasteiger partial charge in [-0.3, -0.25) is 0 Å². The van der Waals surface area contributed by atoms with E-state index in [1.165, 1.54) is 33.4 Å². The third kappa shape index (κ3) is 7.27. The summed E-state index contributed by atoms with van der Waals surface area (Å²) in [4.78, 5) is 20.5. The van der Waals surface area contributed by atoms with Gasteiger partial charge < -0.3 is 14.1 Å². The maximum Gasteiger partial charge on any atom is 0.349 e. The number of hydrogen-bond donors (Lipinski definition) is 1. The Morgan fingerprint density at radius 3 is 2.10 bits per heavy atom. The molecule has 0 saturated carbocycles. The summed E-state index contributed by atoms with van der Waals surface area (Å²) >= 11 is 4.49. The minimum atomic E-state index is -1.29. The molecule has 6 nitrogen and oxygen atoms in total. The lowest BCUT2D eigenvalue weighted by molar-refractivity contribution is -0.130. The number of nitrogens with zero attached hydrogens (tertiary/aromatic N) is 3. The van der Waals surface area contributed by atoms with Gasteiger partial charge in [-0.25, -0.2) is 9.78 Å². The Morgan fingerprint density at radius 2 is 1.41 bits per heavy atom. The number of carboxylic acids is 1. The molecule has 0 saturated heterocycles. The summed E-state index contributed by atoms with van der Waals surface area (Å²) in [7, 11) is 0. The van der Waals surface area contributed by atoms with E-state index in [9.17, 15) is 15.2 Å². The quantitative estimate of drug-likeness (QED) is 0.165. The van der Waals surface area contributed by atoms with Crippen molar-refractivity contribution in [3.8, 4) is 66.0 Å². The summed E-state index contributed by atoms with van der Waals surface area (Å²) in [5.74, 6) is 0.257. The van der Waals surface area contributed by atoms with Crippen LogP contribution in [0, 0.1) is 18.3 Å². The van der Waals surface area contributed by atoms with Crippen molar-refractivity contribution in [3.05, 3.63) is 165 Å². The lowest BCUT2D eigenvalue weighted by Crippen LogP contribution is -2.12. The van der Waals surface area contributed by atoms with Gasteiger partial charge in [0.25, 0.3) is 0 Å². The van der Waals surface area contributed by atoms with Gasteiger partial charge in [0.2, 0.25) is 0 Å². The van der Waals surface area contributed by atoms with Gasteiger partial charge in [-0.1, -0.05) is 106 Å². The molecule has 9 heteroatoms. The molecule has 0 bridgehead atoms. The molecule has 5 aromatic heterocycles. The molecule has 9 rings (SSSR count). The molecular formula is C50H37N3O3S3. The fourth-order valence-electron chi connectivity index (χ4n) is 7.38. The van der Waals surface area contributed by atoms with Crippen molar-refractivity contribution in [2.45, 2.75) is 33.1 Å². The second-order valence-corrected chi connectivity index (χ2v) is 18.5. The molecule has 0 atom stereocenters. The maximum atomic E-state index is 11.8. The van der Waals surface area contributed by atoms with Gasteiger partial charge in [0.15, 0.2) is 5.57 Å². The van der Waals surface area contributed by atoms with Crippen molar-refractivity contribution < 1.29 is 14.3 Å². The van der Waals surface area contributed by atoms with Crippen molar-refractivity contribution in [2.24, 2.45) is 0 Å². The number of thiazole rings is 1. The first-order valence-corrected chi connectivity index (χ1v) is 21.5. The van der Waals surface area contributed by atoms with Crippen LogP contribution in [0.2, 0.25) is 0 Å². The number of para-hydroxylation sites is 1. The number of aliphatic carboxylic acids is 1. The second-order valence-electron chi connectivity index (χ2n) is 15.3. The molecule has 0 radical (unpaired) electrons. The normalized spacial score (nSPS) is 12.6. The number of thiophene rings is 2. The zero-order valence-electron chi connectivity index (χ0n) is 32.7. The Kier molecular flexibility index (Phi) is 9.85. The van der Waals surface area contributed by atoms with E-state index in [1.807, 2.05) is 60.7 Å². The summed E-state index contributed by atoms with van der Waals surface area (Å²) in [5.41, 5.74) is 9.42. The first-order valence-electron chi connectivity index (χ1n) is 19.1. The smallest absolute Gasteiger partial charge is 0.349 e. The number of fused-ring (bicyclic) bond motifs is 1. The highest BCUT2D eigenvalue weighted by atomic mass is 32.1. The highest BCUT2D eigenvalue weighted by molar-refractivity contribution is 7.19. The van der Waals surface area contributed by atoms with E-state index in [0.29, 0.717) is 5.69 Å². The average molecular weight is 824 g/mol. The number of nitriles is 1. The summed E-state index contributed by atoms with van der Waals surface area (Å²) in [6.45, 7) is 8.98. The van der Waals surface area contributed by atoms with Crippen LogP contribution in [0.4, 0.5) is 0 Å². The van der Waals surface area contributed by atoms with Gasteiger partial charge in [-0.2, -0.15) is 5.26 Å². The molecule has 5 heterocycles. The molecule has 59 heavy (non-hydrogen) atoms. The third-order valence-electron chi connectivity index (χ3n) is 10.2. The summed E-state index contributed by atoms with van der Waals surface area (Å²) in [6.07, 6.45) is 1.99. The predicted molar refractivity (Wildman–Crippen MR) is 243 cm³/mol. The number of carbonyl (C=O) groups is 1. The van der Waals surface area contributed by atoms with Gasteiger partial charge in [0.05, 0.1) is 31.2 Å². The van der Waals surface area contributed by atoms with Crippen LogP contribution in [-0.4, -0.2) is 20.6 Å². The van der Waals surface area contributed by atoms with Crippen LogP contribution in [-0.2, 0) is 10.2 Å². The standard InChI is InChI=1S/C50H37N3O3S3/c1-30-25-33(50(2,3)4)27-34(26-30)53-38-18-12-11-17-36(38)45(47(53)32-15-9-6-10-16-32)43-24-23-42(58-43)40-21-20-39(56-40)41-22-19-35(57-41)28-44-46(31-13-7-5-8-14-31)52-48(59-44)37(29-51)49(54)55/h5-28H,1-4H3,(H,54,55)/b44-28?,48-37-. The zero-order chi connectivity index (χ0) is 40.8. The zero-order valence-corrected chi connectivity index (χ0v) is 35.1. The van der Waals surface area contributed by atoms with Gasteiger partial charge in [0, 0.05) is 32.0 Å². The molecule has 4 aromatic carbocycles. The van der Waals surface area contributed by atoms with E-state index < -0.39 is 5.97 Å². The monoisotopic (exact) mass is 823 g/mol. The lowest BCUT2D eigenvalue weighted by Gasteiger charge is -2.22. The van der Waals surface area contributed by atoms with Crippen molar-refractivity contribution in [1.29, 1.82) is 5.26 Å². The molecule has 0 spiro atoms. The Morgan fingerprint density at radius 1 is 0.763 bits per heavy atom. The molecule has 0 aliphatic heterocycles. The predicted octanol–water partition coefficient (Wildman–Crippen LogP) is 12.3. The number of furan rings is 1. The molecule has 9 aromatic rings. The number of aryl methyl sites for hydroxylation is 1. The topological polar surface area (TPSA) is 92.0 Å². The van der Waals surface area contributed by atoms with E-state index in [-0.39, 0.29) is 15.7 Å². The van der Waals surface area contributed by atoms with Gasteiger partial charge in [0.1, 0.15) is 22.3 Å². The van der Waals surface area contributed by atoms with Gasteiger partial charge >= 0.3 is 5.97 Å². The first kappa shape index (κ1) is 38.0. The highest BCUT2D eigenvalue weighted by Gasteiger charge is 2.24. The molecule has 0 amide bonds. The van der Waals surface area contributed by atoms with Gasteiger partial charge in [-0.15, -0.1) is 34.0 Å². The minimum absolute atomic E-state index is 0.00421. The Labute approximate surface area is 353 Å². The van der Waals surface area contributed by atoms with Crippen LogP contribution in [0.3, 0.4) is 0 Å². The molecule has 0 unspecified atom stereocenters. The molecule has 0 fully saturated rings. The van der Waals surface area contributed by atoms with Crippen molar-refractivity contribution in [3.63, 3.8) is 0 Å². The molecule has 288 valence electrons. The van der Waals surface area contributed by atoms with Crippen molar-refractivity contribution in [2.75, 3.05) is 0 Å². The van der Waals surface area contributed by atoms with Crippen molar-refractivity contribution in [1.82, 2.24) is 9.55 Å². The van der Waals surface area contributed by atoms with Crippen LogP contribution >= 0.6 is 34.0 Å². The van der Waals surface area contributed by atoms with E-state index in [4.69, 9.17) is 4.42 Å². The van der Waals surface area contributed by atoms with Crippen molar-refractivity contribution >= 4 is 62.5 Å². The number of rotatable bonds is 8.